The summed E-state index contributed by atoms with van der Waals surface area (Å²) in [6.45, 7) is 0.630. The molecule has 1 N–H and O–H groups in total. The second-order valence-corrected chi connectivity index (χ2v) is 4.59. The van der Waals surface area contributed by atoms with Crippen molar-refractivity contribution in [3.8, 4) is 11.6 Å². The Labute approximate surface area is 108 Å². The van der Waals surface area contributed by atoms with Crippen molar-refractivity contribution in [3.05, 3.63) is 46.1 Å². The molecular weight excluding hydrogens is 259 g/mol. The maximum Gasteiger partial charge on any atom is 0.242 e. The minimum Gasteiger partial charge on any atom is -0.437 e. The molecular formula is C12H8Cl2N2O. The van der Waals surface area contributed by atoms with Gasteiger partial charge in [0.2, 0.25) is 5.88 Å². The number of nitrogens with one attached hydrogen (secondary N) is 1. The number of aromatic nitrogens is 1. The number of halogens is 2. The lowest BCUT2D eigenvalue weighted by Crippen LogP contribution is -1.97. The number of ether oxygens (including phenoxy) is 1. The van der Waals surface area contributed by atoms with Gasteiger partial charge in [-0.15, -0.1) is 0 Å². The van der Waals surface area contributed by atoms with E-state index >= 15 is 0 Å². The molecule has 2 aromatic rings. The van der Waals surface area contributed by atoms with Crippen molar-refractivity contribution in [2.75, 3.05) is 5.32 Å². The fourth-order valence-corrected chi connectivity index (χ4v) is 2.07. The van der Waals surface area contributed by atoms with Crippen molar-refractivity contribution < 1.29 is 4.74 Å². The highest BCUT2D eigenvalue weighted by molar-refractivity contribution is 6.31. The summed E-state index contributed by atoms with van der Waals surface area (Å²) in [4.78, 5) is 4.15. The van der Waals surface area contributed by atoms with Crippen LogP contribution in [0.15, 0.2) is 30.5 Å². The summed E-state index contributed by atoms with van der Waals surface area (Å²) >= 11 is 11.8. The van der Waals surface area contributed by atoms with Crippen LogP contribution in [0.25, 0.3) is 0 Å². The topological polar surface area (TPSA) is 34.2 Å². The predicted octanol–water partition coefficient (Wildman–Crippen LogP) is 4.11. The van der Waals surface area contributed by atoms with Gasteiger partial charge >= 0.3 is 0 Å². The van der Waals surface area contributed by atoms with Gasteiger partial charge in [0.15, 0.2) is 0 Å². The summed E-state index contributed by atoms with van der Waals surface area (Å²) in [6, 6.07) is 7.29. The number of hydrogen-bond donors (Lipinski definition) is 1. The first kappa shape index (κ1) is 10.7. The molecule has 1 aromatic heterocycles. The molecule has 0 bridgehead atoms. The van der Waals surface area contributed by atoms with Crippen LogP contribution >= 0.6 is 23.2 Å². The number of hydrogen-bond acceptors (Lipinski definition) is 3. The molecule has 0 radical (unpaired) electrons. The van der Waals surface area contributed by atoms with Gasteiger partial charge in [0.1, 0.15) is 5.75 Å². The SMILES string of the molecule is Clc1ccc2c(c1)CNc1cc(Cl)cnc1O2. The third kappa shape index (κ3) is 2.04. The molecule has 0 spiro atoms. The van der Waals surface area contributed by atoms with Crippen molar-refractivity contribution in [2.24, 2.45) is 0 Å². The molecule has 2 heterocycles. The first-order chi connectivity index (χ1) is 8.22. The Kier molecular flexibility index (Phi) is 2.57. The molecule has 3 nitrogen and oxygen atoms in total. The Bertz CT molecular complexity index is 535. The van der Waals surface area contributed by atoms with Gasteiger partial charge in [-0.2, -0.15) is 0 Å². The smallest absolute Gasteiger partial charge is 0.242 e. The number of fused-ring (bicyclic) bond motifs is 2. The van der Waals surface area contributed by atoms with Crippen LogP contribution in [-0.4, -0.2) is 4.98 Å². The van der Waals surface area contributed by atoms with Crippen LogP contribution in [0, 0.1) is 0 Å². The van der Waals surface area contributed by atoms with Gasteiger partial charge in [-0.1, -0.05) is 23.2 Å². The average Bonchev–Trinajstić information content (AvgIpc) is 2.48. The number of nitrogens with zero attached hydrogens (tertiary/aromatic N) is 1. The van der Waals surface area contributed by atoms with Crippen LogP contribution in [0.5, 0.6) is 11.6 Å². The molecule has 0 amide bonds. The fourth-order valence-electron chi connectivity index (χ4n) is 1.72. The van der Waals surface area contributed by atoms with Crippen molar-refractivity contribution in [2.45, 2.75) is 6.54 Å². The Balaban J connectivity index is 2.07. The summed E-state index contributed by atoms with van der Waals surface area (Å²) in [7, 11) is 0. The molecule has 1 aliphatic rings. The van der Waals surface area contributed by atoms with E-state index in [4.69, 9.17) is 27.9 Å². The van der Waals surface area contributed by atoms with Gasteiger partial charge in [-0.3, -0.25) is 0 Å². The van der Waals surface area contributed by atoms with E-state index in [0.29, 0.717) is 22.5 Å². The molecule has 86 valence electrons. The molecule has 0 saturated carbocycles. The normalized spacial score (nSPS) is 12.8. The molecule has 1 aromatic carbocycles. The van der Waals surface area contributed by atoms with E-state index in [0.717, 1.165) is 17.0 Å². The second-order valence-electron chi connectivity index (χ2n) is 3.71. The maximum atomic E-state index is 5.95. The van der Waals surface area contributed by atoms with Crippen LogP contribution in [0.3, 0.4) is 0 Å². The van der Waals surface area contributed by atoms with Gasteiger partial charge in [0.25, 0.3) is 0 Å². The molecule has 0 saturated heterocycles. The van der Waals surface area contributed by atoms with E-state index < -0.39 is 0 Å². The maximum absolute atomic E-state index is 5.95. The molecule has 0 unspecified atom stereocenters. The monoisotopic (exact) mass is 266 g/mol. The van der Waals surface area contributed by atoms with Crippen molar-refractivity contribution >= 4 is 28.9 Å². The molecule has 0 fully saturated rings. The Morgan fingerprint density at radius 2 is 2.06 bits per heavy atom. The molecule has 3 rings (SSSR count). The van der Waals surface area contributed by atoms with E-state index in [9.17, 15) is 0 Å². The lowest BCUT2D eigenvalue weighted by atomic mass is 10.2. The largest absolute Gasteiger partial charge is 0.437 e. The predicted molar refractivity (Wildman–Crippen MR) is 68.1 cm³/mol. The van der Waals surface area contributed by atoms with Crippen molar-refractivity contribution in [1.82, 2.24) is 4.98 Å². The van der Waals surface area contributed by atoms with Crippen molar-refractivity contribution in [3.63, 3.8) is 0 Å². The molecule has 1 aliphatic heterocycles. The molecule has 17 heavy (non-hydrogen) atoms. The minimum absolute atomic E-state index is 0.524. The summed E-state index contributed by atoms with van der Waals surface area (Å²) < 4.78 is 5.72. The van der Waals surface area contributed by atoms with E-state index in [1.54, 1.807) is 18.3 Å². The molecule has 5 heteroatoms. The zero-order valence-electron chi connectivity index (χ0n) is 8.71. The van der Waals surface area contributed by atoms with Gasteiger partial charge in [-0.25, -0.2) is 4.98 Å². The number of anilines is 1. The summed E-state index contributed by atoms with van der Waals surface area (Å²) in [5.41, 5.74) is 1.77. The zero-order chi connectivity index (χ0) is 11.8. The minimum atomic E-state index is 0.524. The van der Waals surface area contributed by atoms with E-state index in [2.05, 4.69) is 10.3 Å². The third-order valence-electron chi connectivity index (χ3n) is 2.52. The Hall–Kier alpha value is -1.45. The standard InChI is InChI=1S/C12H8Cl2N2O/c13-8-1-2-11-7(3-8)5-15-10-4-9(14)6-16-12(10)17-11/h1-4,6,15H,5H2. The van der Waals surface area contributed by atoms with E-state index in [1.807, 2.05) is 12.1 Å². The fraction of sp³-hybridized carbons (Fsp3) is 0.0833. The highest BCUT2D eigenvalue weighted by atomic mass is 35.5. The van der Waals surface area contributed by atoms with Gasteiger partial charge in [0, 0.05) is 23.3 Å². The van der Waals surface area contributed by atoms with Crippen LogP contribution in [0.1, 0.15) is 5.56 Å². The lowest BCUT2D eigenvalue weighted by molar-refractivity contribution is 0.465. The number of pyridine rings is 1. The zero-order valence-corrected chi connectivity index (χ0v) is 10.2. The van der Waals surface area contributed by atoms with Gasteiger partial charge in [-0.05, 0) is 24.3 Å². The van der Waals surface area contributed by atoms with E-state index in [-0.39, 0.29) is 0 Å². The van der Waals surface area contributed by atoms with Gasteiger partial charge < -0.3 is 10.1 Å². The molecule has 0 atom stereocenters. The molecule has 0 aliphatic carbocycles. The quantitative estimate of drug-likeness (QED) is 0.780. The summed E-state index contributed by atoms with van der Waals surface area (Å²) in [5, 5.41) is 4.48. The number of benzene rings is 1. The Morgan fingerprint density at radius 1 is 1.18 bits per heavy atom. The van der Waals surface area contributed by atoms with E-state index in [1.165, 1.54) is 0 Å². The summed E-state index contributed by atoms with van der Waals surface area (Å²) in [5.74, 6) is 1.28. The van der Waals surface area contributed by atoms with Crippen molar-refractivity contribution in [1.29, 1.82) is 0 Å². The van der Waals surface area contributed by atoms with Gasteiger partial charge in [0.05, 0.1) is 10.7 Å². The highest BCUT2D eigenvalue weighted by Crippen LogP contribution is 2.35. The average molecular weight is 267 g/mol. The first-order valence-electron chi connectivity index (χ1n) is 5.08. The Morgan fingerprint density at radius 3 is 2.94 bits per heavy atom. The van der Waals surface area contributed by atoms with Crippen LogP contribution in [0.2, 0.25) is 10.0 Å². The third-order valence-corrected chi connectivity index (χ3v) is 2.96. The van der Waals surface area contributed by atoms with Crippen LogP contribution in [-0.2, 0) is 6.54 Å². The number of rotatable bonds is 0. The van der Waals surface area contributed by atoms with Crippen LogP contribution in [0.4, 0.5) is 5.69 Å². The first-order valence-corrected chi connectivity index (χ1v) is 5.84. The lowest BCUT2D eigenvalue weighted by Gasteiger charge is -2.06. The highest BCUT2D eigenvalue weighted by Gasteiger charge is 2.15. The summed E-state index contributed by atoms with van der Waals surface area (Å²) in [6.07, 6.45) is 1.56. The van der Waals surface area contributed by atoms with Crippen LogP contribution < -0.4 is 10.1 Å². The second kappa shape index (κ2) is 4.09.